The molecular formula is C23H30N2O4S. The number of carbonyl (C=O) groups is 1. The van der Waals surface area contributed by atoms with E-state index in [-0.39, 0.29) is 49.4 Å². The molecule has 2 saturated heterocycles. The van der Waals surface area contributed by atoms with Gasteiger partial charge in [-0.1, -0.05) is 43.2 Å². The molecule has 1 N–H and O–H groups in total. The number of hydrogen-bond donors (Lipinski definition) is 1. The van der Waals surface area contributed by atoms with E-state index in [4.69, 9.17) is 0 Å². The number of benzene rings is 1. The summed E-state index contributed by atoms with van der Waals surface area (Å²) >= 11 is 0. The molecule has 30 heavy (non-hydrogen) atoms. The van der Waals surface area contributed by atoms with E-state index in [9.17, 15) is 18.3 Å². The molecule has 0 unspecified atom stereocenters. The highest BCUT2D eigenvalue weighted by atomic mass is 32.2. The van der Waals surface area contributed by atoms with Crippen LogP contribution < -0.4 is 0 Å². The molecule has 1 aromatic rings. The maximum atomic E-state index is 12.6. The third kappa shape index (κ3) is 4.01. The predicted octanol–water partition coefficient (Wildman–Crippen LogP) is 1.94. The maximum absolute atomic E-state index is 12.6. The van der Waals surface area contributed by atoms with Gasteiger partial charge in [-0.05, 0) is 37.5 Å². The first-order chi connectivity index (χ1) is 14.4. The lowest BCUT2D eigenvalue weighted by Crippen LogP contribution is -2.73. The van der Waals surface area contributed by atoms with Gasteiger partial charge in [0.25, 0.3) is 0 Å². The highest BCUT2D eigenvalue weighted by molar-refractivity contribution is 7.89. The zero-order valence-electron chi connectivity index (χ0n) is 17.5. The molecule has 2 aliphatic heterocycles. The van der Waals surface area contributed by atoms with Crippen LogP contribution in [0, 0.1) is 17.8 Å². The molecule has 6 nitrogen and oxygen atoms in total. The molecule has 3 fully saturated rings. The zero-order chi connectivity index (χ0) is 21.3. The van der Waals surface area contributed by atoms with Crippen LogP contribution in [-0.4, -0.2) is 66.2 Å². The summed E-state index contributed by atoms with van der Waals surface area (Å²) < 4.78 is 25.9. The van der Waals surface area contributed by atoms with Crippen LogP contribution in [0.2, 0.25) is 0 Å². The third-order valence-corrected chi connectivity index (χ3v) is 8.60. The van der Waals surface area contributed by atoms with E-state index >= 15 is 0 Å². The van der Waals surface area contributed by atoms with Crippen molar-refractivity contribution < 1.29 is 18.3 Å². The van der Waals surface area contributed by atoms with Crippen molar-refractivity contribution in [1.82, 2.24) is 9.21 Å². The van der Waals surface area contributed by atoms with Gasteiger partial charge >= 0.3 is 0 Å². The lowest BCUT2D eigenvalue weighted by atomic mass is 9.74. The van der Waals surface area contributed by atoms with E-state index in [2.05, 4.69) is 11.8 Å². The summed E-state index contributed by atoms with van der Waals surface area (Å²) in [4.78, 5) is 14.2. The van der Waals surface area contributed by atoms with Crippen molar-refractivity contribution in [1.29, 1.82) is 0 Å². The number of rotatable bonds is 4. The summed E-state index contributed by atoms with van der Waals surface area (Å²) in [6.45, 7) is 1.61. The Hall–Kier alpha value is -1.88. The van der Waals surface area contributed by atoms with Crippen LogP contribution in [0.1, 0.15) is 56.1 Å². The van der Waals surface area contributed by atoms with Crippen molar-refractivity contribution in [3.05, 3.63) is 35.4 Å². The molecule has 0 bridgehead atoms. The lowest BCUT2D eigenvalue weighted by Gasteiger charge is -2.58. The first-order valence-corrected chi connectivity index (χ1v) is 12.6. The lowest BCUT2D eigenvalue weighted by molar-refractivity contribution is -0.158. The van der Waals surface area contributed by atoms with Crippen molar-refractivity contribution in [3.63, 3.8) is 0 Å². The Balaban J connectivity index is 1.51. The molecule has 162 valence electrons. The summed E-state index contributed by atoms with van der Waals surface area (Å²) in [6.07, 6.45) is 6.23. The van der Waals surface area contributed by atoms with Crippen molar-refractivity contribution in [3.8, 4) is 11.8 Å². The fraction of sp³-hybridized carbons (Fsp3) is 0.609. The normalized spacial score (nSPS) is 27.7. The van der Waals surface area contributed by atoms with Gasteiger partial charge in [0.2, 0.25) is 15.9 Å². The molecule has 1 aromatic carbocycles. The fourth-order valence-corrected chi connectivity index (χ4v) is 6.14. The van der Waals surface area contributed by atoms with Crippen LogP contribution in [0.3, 0.4) is 0 Å². The molecule has 2 heterocycles. The van der Waals surface area contributed by atoms with Crippen molar-refractivity contribution in [2.45, 2.75) is 57.0 Å². The molecule has 1 saturated carbocycles. The smallest absolute Gasteiger partial charge is 0.238 e. The SMILES string of the molecule is CCS(=O)(=O)N1CC(=O)N2[C@@H](CO)[C@@H](c3ccc(C#CC4CCCCC4)cc3)[C@@H]2C1. The van der Waals surface area contributed by atoms with E-state index in [1.165, 1.54) is 36.4 Å². The van der Waals surface area contributed by atoms with Gasteiger partial charge in [0, 0.05) is 23.9 Å². The molecular weight excluding hydrogens is 400 g/mol. The number of sulfonamides is 1. The van der Waals surface area contributed by atoms with Crippen molar-refractivity contribution >= 4 is 15.9 Å². The maximum Gasteiger partial charge on any atom is 0.238 e. The largest absolute Gasteiger partial charge is 0.394 e. The molecule has 1 amide bonds. The number of fused-ring (bicyclic) bond motifs is 1. The topological polar surface area (TPSA) is 77.9 Å². The number of aliphatic hydroxyl groups is 1. The van der Waals surface area contributed by atoms with Crippen molar-refractivity contribution in [2.75, 3.05) is 25.4 Å². The zero-order valence-corrected chi connectivity index (χ0v) is 18.3. The number of aliphatic hydroxyl groups excluding tert-OH is 1. The van der Waals surface area contributed by atoms with Crippen LogP contribution in [0.4, 0.5) is 0 Å². The van der Waals surface area contributed by atoms with E-state index in [1.807, 2.05) is 24.3 Å². The van der Waals surface area contributed by atoms with Crippen LogP contribution in [0.15, 0.2) is 24.3 Å². The van der Waals surface area contributed by atoms with Gasteiger partial charge in [0.15, 0.2) is 0 Å². The average molecular weight is 431 g/mol. The minimum absolute atomic E-state index is 0.0184. The summed E-state index contributed by atoms with van der Waals surface area (Å²) in [7, 11) is -3.43. The Labute approximate surface area is 179 Å². The van der Waals surface area contributed by atoms with Crippen LogP contribution in [0.25, 0.3) is 0 Å². The van der Waals surface area contributed by atoms with Gasteiger partial charge in [-0.2, -0.15) is 4.31 Å². The summed E-state index contributed by atoms with van der Waals surface area (Å²) in [6, 6.07) is 7.47. The predicted molar refractivity (Wildman–Crippen MR) is 115 cm³/mol. The monoisotopic (exact) mass is 430 g/mol. The van der Waals surface area contributed by atoms with Gasteiger partial charge in [0.1, 0.15) is 0 Å². The van der Waals surface area contributed by atoms with Gasteiger partial charge < -0.3 is 10.0 Å². The van der Waals surface area contributed by atoms with Gasteiger partial charge in [-0.25, -0.2) is 8.42 Å². The molecule has 4 rings (SSSR count). The second-order valence-electron chi connectivity index (χ2n) is 8.56. The Morgan fingerprint density at radius 2 is 1.83 bits per heavy atom. The van der Waals surface area contributed by atoms with Crippen molar-refractivity contribution in [2.24, 2.45) is 5.92 Å². The quantitative estimate of drug-likeness (QED) is 0.741. The van der Waals surface area contributed by atoms with Gasteiger partial charge in [-0.3, -0.25) is 4.79 Å². The molecule has 0 spiro atoms. The number of nitrogens with zero attached hydrogens (tertiary/aromatic N) is 2. The Bertz CT molecular complexity index is 942. The van der Waals surface area contributed by atoms with E-state index in [0.29, 0.717) is 5.92 Å². The number of amides is 1. The summed E-state index contributed by atoms with van der Waals surface area (Å²) in [5.74, 6) is 6.86. The van der Waals surface area contributed by atoms with E-state index in [1.54, 1.807) is 11.8 Å². The summed E-state index contributed by atoms with van der Waals surface area (Å²) in [5.41, 5.74) is 1.98. The highest BCUT2D eigenvalue weighted by Crippen LogP contribution is 2.43. The first-order valence-electron chi connectivity index (χ1n) is 11.0. The summed E-state index contributed by atoms with van der Waals surface area (Å²) in [5, 5.41) is 9.88. The van der Waals surface area contributed by atoms with Crippen LogP contribution in [0.5, 0.6) is 0 Å². The van der Waals surface area contributed by atoms with E-state index in [0.717, 1.165) is 11.1 Å². The first kappa shape index (κ1) is 21.4. The van der Waals surface area contributed by atoms with Gasteiger partial charge in [0.05, 0.1) is 31.0 Å². The minimum atomic E-state index is -3.43. The standard InChI is InChI=1S/C23H30N2O4S/c1-2-30(28,29)24-14-20-23(21(16-26)25(20)22(27)15-24)19-12-10-18(11-13-19)9-8-17-6-4-3-5-7-17/h10-13,17,20-21,23,26H,2-7,14-16H2,1H3/t20-,21-,23-/m0/s1. The Morgan fingerprint density at radius 3 is 2.47 bits per heavy atom. The Kier molecular flexibility index (Phi) is 6.19. The second kappa shape index (κ2) is 8.70. The van der Waals surface area contributed by atoms with Gasteiger partial charge in [-0.15, -0.1) is 0 Å². The van der Waals surface area contributed by atoms with Crippen LogP contribution in [-0.2, 0) is 14.8 Å². The third-order valence-electron chi connectivity index (χ3n) is 6.80. The van der Waals surface area contributed by atoms with Crippen LogP contribution >= 0.6 is 0 Å². The average Bonchev–Trinajstić information content (AvgIpc) is 2.75. The molecule has 1 aliphatic carbocycles. The number of piperazine rings is 1. The molecule has 0 radical (unpaired) electrons. The van der Waals surface area contributed by atoms with E-state index < -0.39 is 10.0 Å². The highest BCUT2D eigenvalue weighted by Gasteiger charge is 2.55. The second-order valence-corrected chi connectivity index (χ2v) is 10.8. The number of carbonyl (C=O) groups excluding carboxylic acids is 1. The minimum Gasteiger partial charge on any atom is -0.394 e. The molecule has 3 atom stereocenters. The number of hydrogen-bond acceptors (Lipinski definition) is 4. The molecule has 3 aliphatic rings. The molecule has 7 heteroatoms. The fourth-order valence-electron chi connectivity index (χ4n) is 5.09. The molecule has 0 aromatic heterocycles. The Morgan fingerprint density at radius 1 is 1.13 bits per heavy atom.